The van der Waals surface area contributed by atoms with Crippen LogP contribution in [0.15, 0.2) is 72.2 Å². The van der Waals surface area contributed by atoms with E-state index in [1.54, 1.807) is 0 Å². The molecule has 32 heavy (non-hydrogen) atoms. The van der Waals surface area contributed by atoms with Crippen LogP contribution in [0.1, 0.15) is 26.4 Å². The van der Waals surface area contributed by atoms with Crippen molar-refractivity contribution < 1.29 is 9.53 Å². The molecule has 2 heterocycles. The fourth-order valence-corrected chi connectivity index (χ4v) is 4.55. The van der Waals surface area contributed by atoms with Crippen LogP contribution in [0.5, 0.6) is 5.75 Å². The molecule has 6 heteroatoms. The van der Waals surface area contributed by atoms with Crippen molar-refractivity contribution in [2.45, 2.75) is 20.0 Å². The maximum atomic E-state index is 12.2. The molecule has 0 aliphatic rings. The Morgan fingerprint density at radius 1 is 1.09 bits per heavy atom. The van der Waals surface area contributed by atoms with Gasteiger partial charge in [0.1, 0.15) is 12.4 Å². The molecule has 164 valence electrons. The largest absolute Gasteiger partial charge is 0.492 e. The van der Waals surface area contributed by atoms with Gasteiger partial charge in [-0.05, 0) is 60.3 Å². The van der Waals surface area contributed by atoms with E-state index in [-0.39, 0.29) is 5.91 Å². The Kier molecular flexibility index (Phi) is 7.14. The van der Waals surface area contributed by atoms with E-state index in [1.807, 2.05) is 42.8 Å². The minimum absolute atomic E-state index is 0.0422. The monoisotopic (exact) mass is 445 g/mol. The summed E-state index contributed by atoms with van der Waals surface area (Å²) in [4.78, 5) is 19.8. The summed E-state index contributed by atoms with van der Waals surface area (Å²) in [5.41, 5.74) is 4.45. The number of nitrogens with zero attached hydrogens (tertiary/aromatic N) is 2. The van der Waals surface area contributed by atoms with Gasteiger partial charge in [-0.2, -0.15) is 0 Å². The number of aromatic nitrogens is 1. The first kappa shape index (κ1) is 22.0. The number of carbonyl (C=O) groups is 1. The summed E-state index contributed by atoms with van der Waals surface area (Å²) in [6.07, 6.45) is 1.84. The van der Waals surface area contributed by atoms with Crippen LogP contribution in [0, 0.1) is 6.92 Å². The van der Waals surface area contributed by atoms with Crippen LogP contribution >= 0.6 is 11.3 Å². The fourth-order valence-electron chi connectivity index (χ4n) is 3.71. The molecule has 0 saturated carbocycles. The van der Waals surface area contributed by atoms with E-state index in [2.05, 4.69) is 58.6 Å². The molecule has 0 unspecified atom stereocenters. The van der Waals surface area contributed by atoms with Crippen molar-refractivity contribution in [1.29, 1.82) is 0 Å². The van der Waals surface area contributed by atoms with Crippen molar-refractivity contribution in [3.63, 3.8) is 0 Å². The molecule has 0 atom stereocenters. The number of aryl methyl sites for hydroxylation is 1. The van der Waals surface area contributed by atoms with E-state index < -0.39 is 0 Å². The summed E-state index contributed by atoms with van der Waals surface area (Å²) >= 11 is 1.46. The molecule has 2 aromatic heterocycles. The number of thiophene rings is 1. The van der Waals surface area contributed by atoms with Crippen LogP contribution in [0.3, 0.4) is 0 Å². The minimum atomic E-state index is -0.0422. The maximum absolute atomic E-state index is 12.2. The van der Waals surface area contributed by atoms with Crippen LogP contribution in [0.4, 0.5) is 0 Å². The molecule has 0 spiro atoms. The van der Waals surface area contributed by atoms with Gasteiger partial charge in [-0.25, -0.2) is 0 Å². The topological polar surface area (TPSA) is 54.5 Å². The fraction of sp³-hybridized carbons (Fsp3) is 0.231. The van der Waals surface area contributed by atoms with Gasteiger partial charge in [0.2, 0.25) is 0 Å². The first-order valence-electron chi connectivity index (χ1n) is 10.7. The van der Waals surface area contributed by atoms with Crippen molar-refractivity contribution >= 4 is 28.1 Å². The number of ether oxygens (including phenoxy) is 1. The molecular formula is C26H27N3O2S. The van der Waals surface area contributed by atoms with E-state index in [4.69, 9.17) is 4.74 Å². The van der Waals surface area contributed by atoms with E-state index in [1.165, 1.54) is 22.5 Å². The van der Waals surface area contributed by atoms with Gasteiger partial charge < -0.3 is 10.1 Å². The lowest BCUT2D eigenvalue weighted by molar-refractivity contribution is 0.0950. The number of rotatable bonds is 9. The molecule has 0 saturated heterocycles. The molecule has 0 bridgehead atoms. The van der Waals surface area contributed by atoms with Gasteiger partial charge in [-0.1, -0.05) is 36.4 Å². The number of pyridine rings is 1. The van der Waals surface area contributed by atoms with Gasteiger partial charge in [0, 0.05) is 24.7 Å². The predicted molar refractivity (Wildman–Crippen MR) is 130 cm³/mol. The van der Waals surface area contributed by atoms with Crippen LogP contribution < -0.4 is 10.1 Å². The highest BCUT2D eigenvalue weighted by molar-refractivity contribution is 7.12. The van der Waals surface area contributed by atoms with Crippen molar-refractivity contribution in [2.75, 3.05) is 20.2 Å². The van der Waals surface area contributed by atoms with Gasteiger partial charge in [-0.15, -0.1) is 11.3 Å². The molecule has 0 radical (unpaired) electrons. The molecule has 1 N–H and O–H groups in total. The first-order chi connectivity index (χ1) is 15.6. The Bertz CT molecular complexity index is 1200. The molecule has 0 aliphatic heterocycles. The summed E-state index contributed by atoms with van der Waals surface area (Å²) < 4.78 is 5.86. The number of carbonyl (C=O) groups excluding carboxylic acids is 1. The molecule has 1 amide bonds. The maximum Gasteiger partial charge on any atom is 0.261 e. The smallest absolute Gasteiger partial charge is 0.261 e. The van der Waals surface area contributed by atoms with Gasteiger partial charge in [0.05, 0.1) is 16.9 Å². The average molecular weight is 446 g/mol. The summed E-state index contributed by atoms with van der Waals surface area (Å²) in [5.74, 6) is 0.767. The molecule has 4 rings (SSSR count). The minimum Gasteiger partial charge on any atom is -0.492 e. The number of nitrogens with one attached hydrogen (secondary N) is 1. The number of fused-ring (bicyclic) bond motifs is 1. The summed E-state index contributed by atoms with van der Waals surface area (Å²) in [6, 6.07) is 20.4. The summed E-state index contributed by atoms with van der Waals surface area (Å²) in [7, 11) is 2.11. The van der Waals surface area contributed by atoms with Crippen LogP contribution in [0.2, 0.25) is 0 Å². The second-order valence-electron chi connectivity index (χ2n) is 7.85. The highest BCUT2D eigenvalue weighted by Gasteiger charge is 2.10. The number of benzene rings is 2. The highest BCUT2D eigenvalue weighted by atomic mass is 32.1. The van der Waals surface area contributed by atoms with E-state index in [0.29, 0.717) is 13.2 Å². The van der Waals surface area contributed by atoms with Gasteiger partial charge in [0.15, 0.2) is 0 Å². The first-order valence-corrected chi connectivity index (χ1v) is 11.5. The van der Waals surface area contributed by atoms with Gasteiger partial charge in [0.25, 0.3) is 5.91 Å². The molecule has 5 nitrogen and oxygen atoms in total. The zero-order chi connectivity index (χ0) is 22.3. The average Bonchev–Trinajstić information content (AvgIpc) is 3.23. The SMILES string of the molecule is Cc1ccsc1C(=O)NCCOc1cccc(CN(C)Cc2cccc3cccnc23)c1. The Morgan fingerprint density at radius 2 is 1.94 bits per heavy atom. The van der Waals surface area contributed by atoms with Crippen LogP contribution in [-0.2, 0) is 13.1 Å². The predicted octanol–water partition coefficient (Wildman–Crippen LogP) is 5.05. The quantitative estimate of drug-likeness (QED) is 0.367. The zero-order valence-electron chi connectivity index (χ0n) is 18.4. The Hall–Kier alpha value is -3.22. The molecular weight excluding hydrogens is 418 g/mol. The van der Waals surface area contributed by atoms with Crippen LogP contribution in [0.25, 0.3) is 10.9 Å². The highest BCUT2D eigenvalue weighted by Crippen LogP contribution is 2.20. The van der Waals surface area contributed by atoms with E-state index in [0.717, 1.165) is 40.2 Å². The van der Waals surface area contributed by atoms with Crippen molar-refractivity contribution in [3.8, 4) is 5.75 Å². The number of amides is 1. The van der Waals surface area contributed by atoms with Crippen molar-refractivity contribution in [3.05, 3.63) is 93.8 Å². The van der Waals surface area contributed by atoms with Gasteiger partial charge >= 0.3 is 0 Å². The lowest BCUT2D eigenvalue weighted by Gasteiger charge is -2.18. The second-order valence-corrected chi connectivity index (χ2v) is 8.77. The molecule has 2 aromatic carbocycles. The second kappa shape index (κ2) is 10.4. The number of para-hydroxylation sites is 1. The Labute approximate surface area is 192 Å². The van der Waals surface area contributed by atoms with Gasteiger partial charge in [-0.3, -0.25) is 14.7 Å². The van der Waals surface area contributed by atoms with E-state index >= 15 is 0 Å². The molecule has 0 aliphatic carbocycles. The molecule has 0 fully saturated rings. The lowest BCUT2D eigenvalue weighted by Crippen LogP contribution is -2.27. The third-order valence-corrected chi connectivity index (χ3v) is 6.25. The third kappa shape index (κ3) is 5.52. The summed E-state index contributed by atoms with van der Waals surface area (Å²) in [5, 5.41) is 6.01. The number of hydrogen-bond acceptors (Lipinski definition) is 5. The number of hydrogen-bond donors (Lipinski definition) is 1. The van der Waals surface area contributed by atoms with Crippen LogP contribution in [-0.4, -0.2) is 36.0 Å². The standard InChI is InChI=1S/C26H27N3O2S/c1-19-11-15-32-25(19)26(30)28-13-14-31-23-10-3-6-20(16-23)17-29(2)18-22-8-4-7-21-9-5-12-27-24(21)22/h3-12,15-16H,13-14,17-18H2,1-2H3,(H,28,30). The Morgan fingerprint density at radius 3 is 2.78 bits per heavy atom. The summed E-state index contributed by atoms with van der Waals surface area (Å²) in [6.45, 7) is 4.45. The Balaban J connectivity index is 1.29. The zero-order valence-corrected chi connectivity index (χ0v) is 19.2. The van der Waals surface area contributed by atoms with Crippen molar-refractivity contribution in [2.24, 2.45) is 0 Å². The molecule has 4 aromatic rings. The lowest BCUT2D eigenvalue weighted by atomic mass is 10.1. The normalized spacial score (nSPS) is 11.1. The third-order valence-electron chi connectivity index (χ3n) is 5.23. The van der Waals surface area contributed by atoms with E-state index in [9.17, 15) is 4.79 Å². The van der Waals surface area contributed by atoms with Crippen molar-refractivity contribution in [1.82, 2.24) is 15.2 Å².